The number of amides is 1. The lowest BCUT2D eigenvalue weighted by atomic mass is 10.2. The van der Waals surface area contributed by atoms with Crippen molar-refractivity contribution in [3.8, 4) is 0 Å². The summed E-state index contributed by atoms with van der Waals surface area (Å²) in [7, 11) is 0. The summed E-state index contributed by atoms with van der Waals surface area (Å²) in [6.45, 7) is 1.86. The molecule has 0 aliphatic rings. The van der Waals surface area contributed by atoms with Gasteiger partial charge in [-0.05, 0) is 18.6 Å². The lowest BCUT2D eigenvalue weighted by Crippen LogP contribution is -2.34. The summed E-state index contributed by atoms with van der Waals surface area (Å²) in [6, 6.07) is 3.10. The first-order chi connectivity index (χ1) is 8.13. The molecule has 1 heterocycles. The van der Waals surface area contributed by atoms with Gasteiger partial charge in [0.05, 0.1) is 27.0 Å². The molecule has 4 nitrogen and oxygen atoms in total. The number of thiazole rings is 1. The summed E-state index contributed by atoms with van der Waals surface area (Å²) in [6.07, 6.45) is 0.580. The van der Waals surface area contributed by atoms with Crippen molar-refractivity contribution in [2.75, 3.05) is 5.32 Å². The monoisotopic (exact) mass is 269 g/mol. The summed E-state index contributed by atoms with van der Waals surface area (Å²) >= 11 is 7.56. The molecule has 1 atom stereocenters. The molecule has 1 amide bonds. The van der Waals surface area contributed by atoms with Crippen LogP contribution in [0, 0.1) is 0 Å². The van der Waals surface area contributed by atoms with Crippen molar-refractivity contribution in [3.63, 3.8) is 0 Å². The maximum Gasteiger partial charge on any atom is 0.241 e. The van der Waals surface area contributed by atoms with E-state index in [9.17, 15) is 4.79 Å². The van der Waals surface area contributed by atoms with Crippen LogP contribution < -0.4 is 11.1 Å². The van der Waals surface area contributed by atoms with Crippen LogP contribution in [0.25, 0.3) is 10.2 Å². The zero-order valence-corrected chi connectivity index (χ0v) is 10.8. The molecule has 6 heteroatoms. The molecule has 0 spiro atoms. The highest BCUT2D eigenvalue weighted by atomic mass is 35.5. The van der Waals surface area contributed by atoms with Crippen molar-refractivity contribution >= 4 is 44.7 Å². The summed E-state index contributed by atoms with van der Waals surface area (Å²) in [5, 5.41) is 3.21. The smallest absolute Gasteiger partial charge is 0.241 e. The number of nitrogens with two attached hydrogens (primary N) is 1. The molecule has 90 valence electrons. The second kappa shape index (κ2) is 5.00. The lowest BCUT2D eigenvalue weighted by molar-refractivity contribution is -0.117. The van der Waals surface area contributed by atoms with Crippen molar-refractivity contribution in [3.05, 3.63) is 22.7 Å². The highest BCUT2D eigenvalue weighted by Crippen LogP contribution is 2.32. The number of carbonyl (C=O) groups is 1. The Labute approximate surface area is 108 Å². The minimum absolute atomic E-state index is 0.241. The molecule has 0 aliphatic carbocycles. The van der Waals surface area contributed by atoms with E-state index < -0.39 is 6.04 Å². The molecule has 17 heavy (non-hydrogen) atoms. The van der Waals surface area contributed by atoms with Crippen molar-refractivity contribution in [1.29, 1.82) is 0 Å². The molecule has 0 saturated carbocycles. The molecule has 0 bridgehead atoms. The van der Waals surface area contributed by atoms with Gasteiger partial charge in [0.15, 0.2) is 0 Å². The van der Waals surface area contributed by atoms with Crippen LogP contribution in [-0.4, -0.2) is 16.9 Å². The van der Waals surface area contributed by atoms with Crippen LogP contribution in [0.1, 0.15) is 13.3 Å². The van der Waals surface area contributed by atoms with Gasteiger partial charge in [-0.2, -0.15) is 0 Å². The van der Waals surface area contributed by atoms with Crippen LogP contribution >= 0.6 is 22.9 Å². The van der Waals surface area contributed by atoms with Gasteiger partial charge in [-0.1, -0.05) is 18.5 Å². The van der Waals surface area contributed by atoms with Gasteiger partial charge < -0.3 is 11.1 Å². The van der Waals surface area contributed by atoms with Crippen molar-refractivity contribution in [1.82, 2.24) is 4.98 Å². The number of carbonyl (C=O) groups excluding carboxylic acids is 1. The van der Waals surface area contributed by atoms with E-state index in [-0.39, 0.29) is 5.91 Å². The quantitative estimate of drug-likeness (QED) is 0.900. The number of fused-ring (bicyclic) bond motifs is 1. The van der Waals surface area contributed by atoms with Gasteiger partial charge in [-0.25, -0.2) is 4.98 Å². The van der Waals surface area contributed by atoms with Gasteiger partial charge in [0, 0.05) is 0 Å². The number of nitrogens with zero attached hydrogens (tertiary/aromatic N) is 1. The Morgan fingerprint density at radius 3 is 3.12 bits per heavy atom. The Balaban J connectivity index is 2.37. The number of benzene rings is 1. The molecule has 2 rings (SSSR count). The molecule has 0 fully saturated rings. The lowest BCUT2D eigenvalue weighted by Gasteiger charge is -2.11. The number of hydrogen-bond donors (Lipinski definition) is 2. The molecule has 2 aromatic rings. The van der Waals surface area contributed by atoms with Crippen molar-refractivity contribution < 1.29 is 4.79 Å². The van der Waals surface area contributed by atoms with Crippen molar-refractivity contribution in [2.45, 2.75) is 19.4 Å². The predicted octanol–water partition coefficient (Wildman–Crippen LogP) is 2.63. The van der Waals surface area contributed by atoms with Gasteiger partial charge in [0.2, 0.25) is 5.91 Å². The van der Waals surface area contributed by atoms with Crippen LogP contribution in [0.4, 0.5) is 5.69 Å². The average molecular weight is 270 g/mol. The first-order valence-corrected chi connectivity index (χ1v) is 6.47. The topological polar surface area (TPSA) is 68.0 Å². The Bertz CT molecular complexity index is 555. The predicted molar refractivity (Wildman–Crippen MR) is 71.5 cm³/mol. The summed E-state index contributed by atoms with van der Waals surface area (Å²) < 4.78 is 0.981. The van der Waals surface area contributed by atoms with Gasteiger partial charge in [0.25, 0.3) is 0 Å². The van der Waals surface area contributed by atoms with E-state index in [2.05, 4.69) is 10.3 Å². The standard InChI is InChI=1S/C11H12ClN3OS/c1-2-7(13)11(16)15-9-6(12)3-4-8-10(9)14-5-17-8/h3-5,7H,2,13H2,1H3,(H,15,16). The fraction of sp³-hybridized carbons (Fsp3) is 0.273. The third kappa shape index (κ3) is 2.41. The molecule has 0 radical (unpaired) electrons. The fourth-order valence-electron chi connectivity index (χ4n) is 1.43. The molecule has 1 aromatic carbocycles. The third-order valence-corrected chi connectivity index (χ3v) is 3.59. The maximum atomic E-state index is 11.7. The maximum absolute atomic E-state index is 11.7. The van der Waals surface area contributed by atoms with Gasteiger partial charge in [-0.15, -0.1) is 11.3 Å². The average Bonchev–Trinajstić information content (AvgIpc) is 2.80. The highest BCUT2D eigenvalue weighted by molar-refractivity contribution is 7.16. The Hall–Kier alpha value is -1.17. The molecule has 0 aliphatic heterocycles. The van der Waals surface area contributed by atoms with E-state index in [1.165, 1.54) is 11.3 Å². The van der Waals surface area contributed by atoms with E-state index in [1.807, 2.05) is 13.0 Å². The number of halogens is 1. The second-order valence-corrected chi connectivity index (χ2v) is 4.92. The van der Waals surface area contributed by atoms with Gasteiger partial charge in [0.1, 0.15) is 5.52 Å². The van der Waals surface area contributed by atoms with Crippen LogP contribution in [0.3, 0.4) is 0 Å². The van der Waals surface area contributed by atoms with Crippen LogP contribution in [0.5, 0.6) is 0 Å². The molecule has 1 aromatic heterocycles. The number of nitrogens with one attached hydrogen (secondary N) is 1. The van der Waals surface area contributed by atoms with Crippen LogP contribution in [-0.2, 0) is 4.79 Å². The van der Waals surface area contributed by atoms with E-state index in [0.29, 0.717) is 22.6 Å². The van der Waals surface area contributed by atoms with Gasteiger partial charge >= 0.3 is 0 Å². The van der Waals surface area contributed by atoms with E-state index in [1.54, 1.807) is 11.6 Å². The molecule has 0 saturated heterocycles. The first kappa shape index (κ1) is 12.3. The molecular weight excluding hydrogens is 258 g/mol. The summed E-state index contributed by atoms with van der Waals surface area (Å²) in [5.74, 6) is -0.241. The fourth-order valence-corrected chi connectivity index (χ4v) is 2.31. The Morgan fingerprint density at radius 2 is 2.41 bits per heavy atom. The number of hydrogen-bond acceptors (Lipinski definition) is 4. The van der Waals surface area contributed by atoms with Crippen molar-refractivity contribution in [2.24, 2.45) is 5.73 Å². The zero-order chi connectivity index (χ0) is 12.4. The molecular formula is C11H12ClN3OS. The summed E-state index contributed by atoms with van der Waals surface area (Å²) in [5.41, 5.74) is 8.63. The Morgan fingerprint density at radius 1 is 1.65 bits per heavy atom. The minimum Gasteiger partial charge on any atom is -0.322 e. The summed E-state index contributed by atoms with van der Waals surface area (Å²) in [4.78, 5) is 15.9. The molecule has 1 unspecified atom stereocenters. The number of aromatic nitrogens is 1. The van der Waals surface area contributed by atoms with Crippen LogP contribution in [0.2, 0.25) is 5.02 Å². The zero-order valence-electron chi connectivity index (χ0n) is 9.24. The van der Waals surface area contributed by atoms with E-state index in [4.69, 9.17) is 17.3 Å². The third-order valence-electron chi connectivity index (χ3n) is 2.48. The normalized spacial score (nSPS) is 12.6. The highest BCUT2D eigenvalue weighted by Gasteiger charge is 2.15. The second-order valence-electron chi connectivity index (χ2n) is 3.63. The van der Waals surface area contributed by atoms with Crippen LogP contribution in [0.15, 0.2) is 17.6 Å². The van der Waals surface area contributed by atoms with E-state index in [0.717, 1.165) is 4.70 Å². The first-order valence-electron chi connectivity index (χ1n) is 5.21. The number of anilines is 1. The van der Waals surface area contributed by atoms with E-state index >= 15 is 0 Å². The largest absolute Gasteiger partial charge is 0.322 e. The SMILES string of the molecule is CCC(N)C(=O)Nc1c(Cl)ccc2scnc12. The van der Waals surface area contributed by atoms with Gasteiger partial charge in [-0.3, -0.25) is 4.79 Å². The molecule has 3 N–H and O–H groups in total. The number of rotatable bonds is 3. The Kier molecular flexibility index (Phi) is 3.61. The minimum atomic E-state index is -0.528.